The Morgan fingerprint density at radius 2 is 1.81 bits per heavy atom. The zero-order chi connectivity index (χ0) is 21.8. The highest BCUT2D eigenvalue weighted by molar-refractivity contribution is 7.89. The van der Waals surface area contributed by atoms with Crippen molar-refractivity contribution in [3.63, 3.8) is 0 Å². The summed E-state index contributed by atoms with van der Waals surface area (Å²) in [4.78, 5) is 14.5. The second-order valence-electron chi connectivity index (χ2n) is 7.72. The highest BCUT2D eigenvalue weighted by atomic mass is 32.2. The molecule has 9 heteroatoms. The molecule has 1 saturated heterocycles. The van der Waals surface area contributed by atoms with E-state index in [2.05, 4.69) is 35.3 Å². The molecule has 2 aliphatic heterocycles. The third-order valence-corrected chi connectivity index (χ3v) is 7.45. The van der Waals surface area contributed by atoms with Gasteiger partial charge in [-0.3, -0.25) is 4.79 Å². The largest absolute Gasteiger partial charge is 0.454 e. The van der Waals surface area contributed by atoms with E-state index in [9.17, 15) is 13.2 Å². The SMILES string of the molecule is Cc1cccc(N2CCN(S(=O)(=O)CCCNC(=O)c3ccc4c(c3)OCO4)CC2)c1. The van der Waals surface area contributed by atoms with Gasteiger partial charge in [-0.05, 0) is 49.2 Å². The Morgan fingerprint density at radius 1 is 1.03 bits per heavy atom. The lowest BCUT2D eigenvalue weighted by atomic mass is 10.2. The number of hydrogen-bond donors (Lipinski definition) is 1. The molecule has 0 spiro atoms. The van der Waals surface area contributed by atoms with E-state index in [0.717, 1.165) is 5.69 Å². The summed E-state index contributed by atoms with van der Waals surface area (Å²) in [6.45, 7) is 4.77. The molecular formula is C22H27N3O5S. The van der Waals surface area contributed by atoms with Crippen LogP contribution in [0.25, 0.3) is 0 Å². The predicted molar refractivity (Wildman–Crippen MR) is 118 cm³/mol. The summed E-state index contributed by atoms with van der Waals surface area (Å²) in [6, 6.07) is 13.2. The first-order valence-corrected chi connectivity index (χ1v) is 12.0. The van der Waals surface area contributed by atoms with Gasteiger partial charge in [-0.15, -0.1) is 0 Å². The zero-order valence-corrected chi connectivity index (χ0v) is 18.4. The number of hydrogen-bond acceptors (Lipinski definition) is 6. The van der Waals surface area contributed by atoms with Gasteiger partial charge in [-0.1, -0.05) is 12.1 Å². The quantitative estimate of drug-likeness (QED) is 0.656. The number of nitrogens with one attached hydrogen (secondary N) is 1. The van der Waals surface area contributed by atoms with Crippen molar-refractivity contribution in [3.8, 4) is 11.5 Å². The van der Waals surface area contributed by atoms with Crippen LogP contribution in [0.4, 0.5) is 5.69 Å². The molecule has 1 N–H and O–H groups in total. The average Bonchev–Trinajstić information content (AvgIpc) is 3.24. The van der Waals surface area contributed by atoms with Crippen LogP contribution in [-0.4, -0.2) is 63.9 Å². The molecule has 0 aliphatic carbocycles. The van der Waals surface area contributed by atoms with Crippen molar-refractivity contribution in [2.24, 2.45) is 0 Å². The summed E-state index contributed by atoms with van der Waals surface area (Å²) in [5.74, 6) is 0.909. The molecule has 0 unspecified atom stereocenters. The molecule has 0 aromatic heterocycles. The lowest BCUT2D eigenvalue weighted by molar-refractivity contribution is 0.0953. The highest BCUT2D eigenvalue weighted by Gasteiger charge is 2.26. The maximum absolute atomic E-state index is 12.7. The van der Waals surface area contributed by atoms with E-state index >= 15 is 0 Å². The third kappa shape index (κ3) is 5.11. The van der Waals surface area contributed by atoms with Crippen molar-refractivity contribution in [3.05, 3.63) is 53.6 Å². The number of fused-ring (bicyclic) bond motifs is 1. The van der Waals surface area contributed by atoms with Crippen molar-refractivity contribution in [1.29, 1.82) is 0 Å². The van der Waals surface area contributed by atoms with Gasteiger partial charge in [-0.2, -0.15) is 4.31 Å². The lowest BCUT2D eigenvalue weighted by Crippen LogP contribution is -2.49. The molecule has 31 heavy (non-hydrogen) atoms. The fraction of sp³-hybridized carbons (Fsp3) is 0.409. The number of aryl methyl sites for hydroxylation is 1. The molecule has 8 nitrogen and oxygen atoms in total. The predicted octanol–water partition coefficient (Wildman–Crippen LogP) is 2.00. The first-order chi connectivity index (χ1) is 14.9. The van der Waals surface area contributed by atoms with Crippen molar-refractivity contribution in [2.75, 3.05) is 50.2 Å². The Morgan fingerprint density at radius 3 is 2.58 bits per heavy atom. The van der Waals surface area contributed by atoms with E-state index in [0.29, 0.717) is 49.7 Å². The zero-order valence-electron chi connectivity index (χ0n) is 17.5. The van der Waals surface area contributed by atoms with Gasteiger partial charge in [0.15, 0.2) is 11.5 Å². The van der Waals surface area contributed by atoms with Crippen LogP contribution in [0.5, 0.6) is 11.5 Å². The van der Waals surface area contributed by atoms with Crippen LogP contribution >= 0.6 is 0 Å². The summed E-state index contributed by atoms with van der Waals surface area (Å²) in [5.41, 5.74) is 2.78. The van der Waals surface area contributed by atoms with Crippen LogP contribution in [0.1, 0.15) is 22.3 Å². The van der Waals surface area contributed by atoms with Gasteiger partial charge in [0.2, 0.25) is 16.8 Å². The Labute approximate surface area is 182 Å². The first kappa shape index (κ1) is 21.5. The van der Waals surface area contributed by atoms with E-state index in [4.69, 9.17) is 9.47 Å². The van der Waals surface area contributed by atoms with Crippen molar-refractivity contribution in [1.82, 2.24) is 9.62 Å². The molecule has 166 valence electrons. The van der Waals surface area contributed by atoms with Crippen LogP contribution in [0, 0.1) is 6.92 Å². The molecule has 2 aromatic carbocycles. The van der Waals surface area contributed by atoms with E-state index in [1.807, 2.05) is 6.07 Å². The molecular weight excluding hydrogens is 418 g/mol. The van der Waals surface area contributed by atoms with Crippen LogP contribution in [0.3, 0.4) is 0 Å². The standard InChI is InChI=1S/C22H27N3O5S/c1-17-4-2-5-19(14-17)24-9-11-25(12-10-24)31(27,28)13-3-8-23-22(26)18-6-7-20-21(15-18)30-16-29-20/h2,4-7,14-15H,3,8-13,16H2,1H3,(H,23,26). The highest BCUT2D eigenvalue weighted by Crippen LogP contribution is 2.32. The Balaban J connectivity index is 1.22. The van der Waals surface area contributed by atoms with Gasteiger partial charge < -0.3 is 19.7 Å². The smallest absolute Gasteiger partial charge is 0.251 e. The molecule has 0 bridgehead atoms. The molecule has 0 radical (unpaired) electrons. The summed E-state index contributed by atoms with van der Waals surface area (Å²) in [5, 5.41) is 2.77. The number of piperazine rings is 1. The molecule has 2 aliphatic rings. The van der Waals surface area contributed by atoms with E-state index in [-0.39, 0.29) is 25.0 Å². The Hall–Kier alpha value is -2.78. The van der Waals surface area contributed by atoms with Crippen LogP contribution in [0.2, 0.25) is 0 Å². The molecule has 0 atom stereocenters. The lowest BCUT2D eigenvalue weighted by Gasteiger charge is -2.35. The summed E-state index contributed by atoms with van der Waals surface area (Å²) >= 11 is 0. The second kappa shape index (κ2) is 9.15. The van der Waals surface area contributed by atoms with Gasteiger partial charge in [0.05, 0.1) is 5.75 Å². The fourth-order valence-electron chi connectivity index (χ4n) is 3.77. The number of rotatable bonds is 7. The van der Waals surface area contributed by atoms with Gasteiger partial charge in [0, 0.05) is 44.0 Å². The molecule has 2 heterocycles. The molecule has 4 rings (SSSR count). The number of carbonyl (C=O) groups is 1. The maximum Gasteiger partial charge on any atom is 0.251 e. The van der Waals surface area contributed by atoms with E-state index in [1.54, 1.807) is 22.5 Å². The minimum absolute atomic E-state index is 0.0128. The van der Waals surface area contributed by atoms with Crippen molar-refractivity contribution >= 4 is 21.6 Å². The summed E-state index contributed by atoms with van der Waals surface area (Å²) in [6.07, 6.45) is 0.358. The number of nitrogens with zero attached hydrogens (tertiary/aromatic N) is 2. The van der Waals surface area contributed by atoms with Gasteiger partial charge in [0.25, 0.3) is 5.91 Å². The van der Waals surface area contributed by atoms with E-state index in [1.165, 1.54) is 5.56 Å². The second-order valence-corrected chi connectivity index (χ2v) is 9.81. The Kier molecular flexibility index (Phi) is 6.33. The molecule has 1 amide bonds. The van der Waals surface area contributed by atoms with Crippen LogP contribution in [0.15, 0.2) is 42.5 Å². The maximum atomic E-state index is 12.7. The van der Waals surface area contributed by atoms with Crippen molar-refractivity contribution < 1.29 is 22.7 Å². The Bertz CT molecular complexity index is 1050. The number of sulfonamides is 1. The minimum Gasteiger partial charge on any atom is -0.454 e. The number of amides is 1. The number of benzene rings is 2. The van der Waals surface area contributed by atoms with Crippen LogP contribution < -0.4 is 19.7 Å². The summed E-state index contributed by atoms with van der Waals surface area (Å²) in [7, 11) is -3.35. The fourth-order valence-corrected chi connectivity index (χ4v) is 5.26. The molecule has 0 saturated carbocycles. The van der Waals surface area contributed by atoms with Crippen LogP contribution in [-0.2, 0) is 10.0 Å². The monoisotopic (exact) mass is 445 g/mol. The third-order valence-electron chi connectivity index (χ3n) is 5.50. The van der Waals surface area contributed by atoms with Crippen molar-refractivity contribution in [2.45, 2.75) is 13.3 Å². The number of carbonyl (C=O) groups excluding carboxylic acids is 1. The normalized spacial score (nSPS) is 16.4. The topological polar surface area (TPSA) is 88.2 Å². The number of ether oxygens (including phenoxy) is 2. The molecule has 1 fully saturated rings. The van der Waals surface area contributed by atoms with Gasteiger partial charge >= 0.3 is 0 Å². The minimum atomic E-state index is -3.35. The van der Waals surface area contributed by atoms with Gasteiger partial charge in [-0.25, -0.2) is 8.42 Å². The van der Waals surface area contributed by atoms with E-state index < -0.39 is 10.0 Å². The molecule has 2 aromatic rings. The first-order valence-electron chi connectivity index (χ1n) is 10.4. The summed E-state index contributed by atoms with van der Waals surface area (Å²) < 4.78 is 37.4. The number of anilines is 1. The average molecular weight is 446 g/mol. The van der Waals surface area contributed by atoms with Gasteiger partial charge in [0.1, 0.15) is 0 Å².